The highest BCUT2D eigenvalue weighted by Gasteiger charge is 2.08. The maximum Gasteiger partial charge on any atom is 0.257 e. The Bertz CT molecular complexity index is 800. The standard InChI is InChI=1S/C20H20INO4/c1-3-22-20(24)13-26-18-11-5-14(12-19(18)25-2)4-10-17(23)15-6-8-16(21)9-7-15/h4-12H,3,13H2,1-2H3,(H,22,24). The van der Waals surface area contributed by atoms with Crippen LogP contribution in [-0.2, 0) is 4.79 Å². The predicted molar refractivity (Wildman–Crippen MR) is 110 cm³/mol. The summed E-state index contributed by atoms with van der Waals surface area (Å²) in [6, 6.07) is 12.7. The number of ether oxygens (including phenoxy) is 2. The fourth-order valence-corrected chi connectivity index (χ4v) is 2.54. The van der Waals surface area contributed by atoms with Crippen molar-refractivity contribution in [2.24, 2.45) is 0 Å². The molecule has 1 N–H and O–H groups in total. The zero-order valence-electron chi connectivity index (χ0n) is 14.6. The largest absolute Gasteiger partial charge is 0.493 e. The molecule has 5 nitrogen and oxygen atoms in total. The fourth-order valence-electron chi connectivity index (χ4n) is 2.18. The predicted octanol–water partition coefficient (Wildman–Crippen LogP) is 3.71. The van der Waals surface area contributed by atoms with Crippen molar-refractivity contribution in [2.45, 2.75) is 6.92 Å². The molecule has 0 aliphatic heterocycles. The average molecular weight is 465 g/mol. The molecule has 6 heteroatoms. The monoisotopic (exact) mass is 465 g/mol. The van der Waals surface area contributed by atoms with Crippen LogP contribution in [0.15, 0.2) is 48.5 Å². The number of carbonyl (C=O) groups excluding carboxylic acids is 2. The number of carbonyl (C=O) groups is 2. The smallest absolute Gasteiger partial charge is 0.257 e. The number of nitrogens with one attached hydrogen (secondary N) is 1. The van der Waals surface area contributed by atoms with Crippen molar-refractivity contribution < 1.29 is 19.1 Å². The van der Waals surface area contributed by atoms with Gasteiger partial charge in [0.15, 0.2) is 23.9 Å². The summed E-state index contributed by atoms with van der Waals surface area (Å²) in [7, 11) is 1.53. The molecule has 2 rings (SSSR count). The molecule has 0 aromatic heterocycles. The van der Waals surface area contributed by atoms with E-state index in [-0.39, 0.29) is 18.3 Å². The maximum absolute atomic E-state index is 12.2. The summed E-state index contributed by atoms with van der Waals surface area (Å²) in [5, 5.41) is 2.66. The van der Waals surface area contributed by atoms with Gasteiger partial charge in [0.2, 0.25) is 0 Å². The topological polar surface area (TPSA) is 64.6 Å². The minimum Gasteiger partial charge on any atom is -0.493 e. The lowest BCUT2D eigenvalue weighted by atomic mass is 10.1. The lowest BCUT2D eigenvalue weighted by molar-refractivity contribution is -0.123. The Kier molecular flexibility index (Phi) is 7.65. The van der Waals surface area contributed by atoms with E-state index in [4.69, 9.17) is 9.47 Å². The molecule has 0 saturated heterocycles. The van der Waals surface area contributed by atoms with E-state index in [9.17, 15) is 9.59 Å². The first-order valence-electron chi connectivity index (χ1n) is 8.09. The Morgan fingerprint density at radius 1 is 1.12 bits per heavy atom. The zero-order valence-corrected chi connectivity index (χ0v) is 16.8. The second-order valence-corrected chi connectivity index (χ2v) is 6.60. The van der Waals surface area contributed by atoms with Gasteiger partial charge in [-0.05, 0) is 65.4 Å². The van der Waals surface area contributed by atoms with Crippen LogP contribution in [0.25, 0.3) is 6.08 Å². The third-order valence-electron chi connectivity index (χ3n) is 3.48. The zero-order chi connectivity index (χ0) is 18.9. The van der Waals surface area contributed by atoms with Crippen molar-refractivity contribution in [3.63, 3.8) is 0 Å². The van der Waals surface area contributed by atoms with E-state index >= 15 is 0 Å². The van der Waals surface area contributed by atoms with Gasteiger partial charge in [-0.15, -0.1) is 0 Å². The highest BCUT2D eigenvalue weighted by Crippen LogP contribution is 2.28. The van der Waals surface area contributed by atoms with Gasteiger partial charge in [-0.3, -0.25) is 9.59 Å². The number of likely N-dealkylation sites (N-methyl/N-ethyl adjacent to an activating group) is 1. The lowest BCUT2D eigenvalue weighted by Gasteiger charge is -2.11. The van der Waals surface area contributed by atoms with E-state index in [1.54, 1.807) is 36.4 Å². The molecule has 1 amide bonds. The van der Waals surface area contributed by atoms with Gasteiger partial charge in [0.05, 0.1) is 7.11 Å². The van der Waals surface area contributed by atoms with Gasteiger partial charge < -0.3 is 14.8 Å². The normalized spacial score (nSPS) is 10.6. The molecule has 0 fully saturated rings. The number of ketones is 1. The van der Waals surface area contributed by atoms with Crippen LogP contribution in [0.3, 0.4) is 0 Å². The molecule has 0 spiro atoms. The number of methoxy groups -OCH3 is 1. The number of halogens is 1. The second-order valence-electron chi connectivity index (χ2n) is 5.36. The van der Waals surface area contributed by atoms with Crippen LogP contribution in [0, 0.1) is 3.57 Å². The molecule has 2 aromatic carbocycles. The summed E-state index contributed by atoms with van der Waals surface area (Å²) in [5.41, 5.74) is 1.43. The number of amides is 1. The van der Waals surface area contributed by atoms with E-state index in [1.807, 2.05) is 19.1 Å². The average Bonchev–Trinajstić information content (AvgIpc) is 2.65. The van der Waals surface area contributed by atoms with Crippen LogP contribution in [-0.4, -0.2) is 32.0 Å². The van der Waals surface area contributed by atoms with Crippen LogP contribution in [0.4, 0.5) is 0 Å². The van der Waals surface area contributed by atoms with E-state index in [2.05, 4.69) is 27.9 Å². The molecular weight excluding hydrogens is 445 g/mol. The van der Waals surface area contributed by atoms with Gasteiger partial charge in [0.1, 0.15) is 0 Å². The summed E-state index contributed by atoms with van der Waals surface area (Å²) < 4.78 is 11.9. The first-order chi connectivity index (χ1) is 12.5. The molecule has 0 atom stereocenters. The number of rotatable bonds is 8. The van der Waals surface area contributed by atoms with Crippen molar-refractivity contribution in [1.82, 2.24) is 5.32 Å². The molecule has 2 aromatic rings. The molecule has 0 heterocycles. The van der Waals surface area contributed by atoms with Gasteiger partial charge in [-0.1, -0.05) is 24.3 Å². The number of allylic oxidation sites excluding steroid dienone is 1. The summed E-state index contributed by atoms with van der Waals surface area (Å²) in [6.07, 6.45) is 3.24. The Morgan fingerprint density at radius 2 is 1.85 bits per heavy atom. The summed E-state index contributed by atoms with van der Waals surface area (Å²) in [6.45, 7) is 2.32. The third-order valence-corrected chi connectivity index (χ3v) is 4.20. The molecule has 0 aliphatic rings. The van der Waals surface area contributed by atoms with Crippen LogP contribution >= 0.6 is 22.6 Å². The van der Waals surface area contributed by atoms with Crippen molar-refractivity contribution in [3.05, 3.63) is 63.2 Å². The van der Waals surface area contributed by atoms with Crippen LogP contribution < -0.4 is 14.8 Å². The van der Waals surface area contributed by atoms with Gasteiger partial charge >= 0.3 is 0 Å². The molecule has 0 unspecified atom stereocenters. The minimum absolute atomic E-state index is 0.0723. The van der Waals surface area contributed by atoms with Crippen molar-refractivity contribution >= 4 is 40.4 Å². The second kappa shape index (κ2) is 9.96. The molecule has 0 radical (unpaired) electrons. The molecular formula is C20H20INO4. The molecule has 26 heavy (non-hydrogen) atoms. The first-order valence-corrected chi connectivity index (χ1v) is 9.17. The van der Waals surface area contributed by atoms with Gasteiger partial charge in [-0.25, -0.2) is 0 Å². The SMILES string of the molecule is CCNC(=O)COc1ccc(C=CC(=O)c2ccc(I)cc2)cc1OC. The van der Waals surface area contributed by atoms with E-state index in [1.165, 1.54) is 13.2 Å². The lowest BCUT2D eigenvalue weighted by Crippen LogP contribution is -2.28. The van der Waals surface area contributed by atoms with Gasteiger partial charge in [0, 0.05) is 15.7 Å². The molecule has 136 valence electrons. The van der Waals surface area contributed by atoms with Crippen molar-refractivity contribution in [3.8, 4) is 11.5 Å². The number of hydrogen-bond donors (Lipinski definition) is 1. The maximum atomic E-state index is 12.2. The van der Waals surface area contributed by atoms with Crippen molar-refractivity contribution in [2.75, 3.05) is 20.3 Å². The van der Waals surface area contributed by atoms with E-state index in [0.29, 0.717) is 23.6 Å². The quantitative estimate of drug-likeness (QED) is 0.367. The molecule has 0 saturated carbocycles. The first kappa shape index (κ1) is 20.0. The van der Waals surface area contributed by atoms with Crippen molar-refractivity contribution in [1.29, 1.82) is 0 Å². The van der Waals surface area contributed by atoms with Gasteiger partial charge in [-0.2, -0.15) is 0 Å². The molecule has 0 aliphatic carbocycles. The number of hydrogen-bond acceptors (Lipinski definition) is 4. The Balaban J connectivity index is 2.07. The van der Waals surface area contributed by atoms with Crippen LogP contribution in [0.5, 0.6) is 11.5 Å². The van der Waals surface area contributed by atoms with Crippen LogP contribution in [0.2, 0.25) is 0 Å². The fraction of sp³-hybridized carbons (Fsp3) is 0.200. The van der Waals surface area contributed by atoms with Gasteiger partial charge in [0.25, 0.3) is 5.91 Å². The Hall–Kier alpha value is -2.35. The Morgan fingerprint density at radius 3 is 2.50 bits per heavy atom. The minimum atomic E-state index is -0.193. The van der Waals surface area contributed by atoms with E-state index < -0.39 is 0 Å². The highest BCUT2D eigenvalue weighted by atomic mass is 127. The highest BCUT2D eigenvalue weighted by molar-refractivity contribution is 14.1. The Labute approximate surface area is 166 Å². The summed E-state index contributed by atoms with van der Waals surface area (Å²) in [4.78, 5) is 23.7. The third kappa shape index (κ3) is 5.87. The van der Waals surface area contributed by atoms with E-state index in [0.717, 1.165) is 9.13 Å². The summed E-state index contributed by atoms with van der Waals surface area (Å²) in [5.74, 6) is 0.705. The number of benzene rings is 2. The molecule has 0 bridgehead atoms. The van der Waals surface area contributed by atoms with Crippen LogP contribution in [0.1, 0.15) is 22.8 Å². The summed E-state index contributed by atoms with van der Waals surface area (Å²) >= 11 is 2.20.